The minimum atomic E-state index is -0.939. The van der Waals surface area contributed by atoms with Crippen LogP contribution in [0.3, 0.4) is 0 Å². The molecule has 0 spiro atoms. The number of carbonyl (C=O) groups excluding carboxylic acids is 4. The van der Waals surface area contributed by atoms with Gasteiger partial charge in [-0.25, -0.2) is 9.18 Å². The van der Waals surface area contributed by atoms with E-state index in [1.165, 1.54) is 19.2 Å². The molecule has 0 bridgehead atoms. The van der Waals surface area contributed by atoms with Crippen molar-refractivity contribution >= 4 is 45.9 Å². The number of Topliss-reactive ketones (excluding diaryl/α,β-unsaturated/α-hetero) is 2. The number of methoxy groups -OCH3 is 1. The number of amides is 1. The smallest absolute Gasteiger partial charge is 0.328 e. The lowest BCUT2D eigenvalue weighted by molar-refractivity contribution is -0.146. The highest BCUT2D eigenvalue weighted by atomic mass is 35.5. The molecule has 1 aromatic carbocycles. The summed E-state index contributed by atoms with van der Waals surface area (Å²) in [5.74, 6) is -2.25. The molecule has 1 heterocycles. The quantitative estimate of drug-likeness (QED) is 0.358. The van der Waals surface area contributed by atoms with Gasteiger partial charge < -0.3 is 15.0 Å². The van der Waals surface area contributed by atoms with E-state index < -0.39 is 29.7 Å². The minimum absolute atomic E-state index is 0.0640. The predicted octanol–water partition coefficient (Wildman–Crippen LogP) is 4.76. The molecule has 4 rings (SSSR count). The van der Waals surface area contributed by atoms with E-state index in [1.54, 1.807) is 6.07 Å². The molecule has 35 heavy (non-hydrogen) atoms. The van der Waals surface area contributed by atoms with Crippen LogP contribution in [0.4, 0.5) is 4.39 Å². The zero-order valence-corrected chi connectivity index (χ0v) is 20.5. The van der Waals surface area contributed by atoms with Gasteiger partial charge in [0.1, 0.15) is 17.6 Å². The van der Waals surface area contributed by atoms with Gasteiger partial charge in [-0.2, -0.15) is 0 Å². The average molecular weight is 505 g/mol. The number of carbonyl (C=O) groups is 4. The van der Waals surface area contributed by atoms with Gasteiger partial charge in [0.05, 0.1) is 23.3 Å². The fraction of sp³-hybridized carbons (Fsp3) is 0.538. The van der Waals surface area contributed by atoms with Crippen molar-refractivity contribution in [3.63, 3.8) is 0 Å². The fourth-order valence-electron chi connectivity index (χ4n) is 4.92. The first-order valence-corrected chi connectivity index (χ1v) is 12.5. The molecule has 1 aromatic heterocycles. The van der Waals surface area contributed by atoms with Crippen molar-refractivity contribution in [3.05, 3.63) is 34.7 Å². The molecule has 2 N–H and O–H groups in total. The van der Waals surface area contributed by atoms with E-state index >= 15 is 0 Å². The van der Waals surface area contributed by atoms with Gasteiger partial charge in [-0.3, -0.25) is 14.4 Å². The second kappa shape index (κ2) is 10.9. The highest BCUT2D eigenvalue weighted by Gasteiger charge is 2.35. The molecule has 2 aromatic rings. The van der Waals surface area contributed by atoms with Crippen LogP contribution in [0.25, 0.3) is 10.9 Å². The van der Waals surface area contributed by atoms with Gasteiger partial charge in [-0.1, -0.05) is 30.9 Å². The van der Waals surface area contributed by atoms with Crippen LogP contribution in [0.15, 0.2) is 18.2 Å². The lowest BCUT2D eigenvalue weighted by atomic mass is 9.83. The Bertz CT molecular complexity index is 1140. The summed E-state index contributed by atoms with van der Waals surface area (Å²) in [5, 5.41) is 3.50. The maximum atomic E-state index is 13.7. The molecule has 2 fully saturated rings. The number of nitrogens with one attached hydrogen (secondary N) is 2. The third kappa shape index (κ3) is 6.28. The topological polar surface area (TPSA) is 105 Å². The summed E-state index contributed by atoms with van der Waals surface area (Å²) in [6.07, 6.45) is 5.60. The van der Waals surface area contributed by atoms with Crippen molar-refractivity contribution in [1.29, 1.82) is 0 Å². The average Bonchev–Trinajstić information content (AvgIpc) is 3.54. The number of hydrogen-bond acceptors (Lipinski definition) is 5. The van der Waals surface area contributed by atoms with Crippen LogP contribution in [0, 0.1) is 23.6 Å². The molecule has 0 unspecified atom stereocenters. The Morgan fingerprint density at radius 1 is 1.17 bits per heavy atom. The molecular weight excluding hydrogens is 475 g/mol. The number of benzene rings is 1. The van der Waals surface area contributed by atoms with Crippen LogP contribution < -0.4 is 5.32 Å². The van der Waals surface area contributed by atoms with Gasteiger partial charge in [0.15, 0.2) is 5.78 Å². The van der Waals surface area contributed by atoms with Gasteiger partial charge in [0, 0.05) is 30.1 Å². The fourth-order valence-corrected chi connectivity index (χ4v) is 5.18. The second-order valence-corrected chi connectivity index (χ2v) is 10.2. The van der Waals surface area contributed by atoms with E-state index in [-0.39, 0.29) is 41.0 Å². The van der Waals surface area contributed by atoms with Gasteiger partial charge >= 0.3 is 5.97 Å². The van der Waals surface area contributed by atoms with Crippen LogP contribution >= 0.6 is 11.6 Å². The molecule has 3 atom stereocenters. The summed E-state index contributed by atoms with van der Waals surface area (Å²) in [6.45, 7) is 0. The Morgan fingerprint density at radius 3 is 2.63 bits per heavy atom. The largest absolute Gasteiger partial charge is 0.467 e. The maximum Gasteiger partial charge on any atom is 0.328 e. The van der Waals surface area contributed by atoms with Crippen LogP contribution in [0.5, 0.6) is 0 Å². The highest BCUT2D eigenvalue weighted by Crippen LogP contribution is 2.37. The van der Waals surface area contributed by atoms with Crippen LogP contribution in [0.1, 0.15) is 68.3 Å². The van der Waals surface area contributed by atoms with Gasteiger partial charge in [-0.05, 0) is 49.8 Å². The lowest BCUT2D eigenvalue weighted by Crippen LogP contribution is -2.46. The Hall–Kier alpha value is -2.74. The Balaban J connectivity index is 1.48. The maximum absolute atomic E-state index is 13.7. The van der Waals surface area contributed by atoms with Crippen molar-refractivity contribution in [2.45, 2.75) is 63.8 Å². The lowest BCUT2D eigenvalue weighted by Gasteiger charge is -2.26. The molecule has 1 amide bonds. The monoisotopic (exact) mass is 504 g/mol. The number of ether oxygens (including phenoxy) is 1. The zero-order chi connectivity index (χ0) is 25.1. The molecule has 188 valence electrons. The standard InChI is InChI=1S/C26H30ClFN2O5/c1-35-26(34)22(9-15-4-2-3-5-23(15)31)30-25(33)16(8-14-6-7-14)10-24(32)21-13-18-19(27)11-17(28)12-20(18)29-21/h11-16,22,29H,2-10H2,1H3,(H,30,33)/t15-,16+,22-/m0/s1. The minimum Gasteiger partial charge on any atom is -0.467 e. The summed E-state index contributed by atoms with van der Waals surface area (Å²) >= 11 is 6.10. The number of H-pyrrole nitrogens is 1. The number of fused-ring (bicyclic) bond motifs is 1. The third-order valence-electron chi connectivity index (χ3n) is 7.07. The number of ketones is 2. The number of aromatic amines is 1. The molecule has 7 nitrogen and oxygen atoms in total. The Morgan fingerprint density at radius 2 is 1.94 bits per heavy atom. The summed E-state index contributed by atoms with van der Waals surface area (Å²) in [7, 11) is 1.25. The Labute approximate surface area is 208 Å². The normalized spacial score (nSPS) is 19.9. The van der Waals surface area contributed by atoms with Crippen LogP contribution in [0.2, 0.25) is 5.02 Å². The van der Waals surface area contributed by atoms with Crippen molar-refractivity contribution in [2.24, 2.45) is 17.8 Å². The first kappa shape index (κ1) is 25.4. The number of hydrogen-bond donors (Lipinski definition) is 2. The van der Waals surface area contributed by atoms with Gasteiger partial charge in [0.25, 0.3) is 0 Å². The van der Waals surface area contributed by atoms with Crippen molar-refractivity contribution in [3.8, 4) is 0 Å². The van der Waals surface area contributed by atoms with Crippen LogP contribution in [-0.4, -0.2) is 41.6 Å². The second-order valence-electron chi connectivity index (χ2n) is 9.76. The molecule has 9 heteroatoms. The molecule has 0 saturated heterocycles. The first-order valence-electron chi connectivity index (χ1n) is 12.2. The third-order valence-corrected chi connectivity index (χ3v) is 7.39. The van der Waals surface area contributed by atoms with E-state index in [4.69, 9.17) is 16.3 Å². The number of aromatic nitrogens is 1. The van der Waals surface area contributed by atoms with E-state index in [0.29, 0.717) is 36.1 Å². The molecule has 2 aliphatic carbocycles. The number of halogens is 2. The summed E-state index contributed by atoms with van der Waals surface area (Å²) < 4.78 is 18.6. The molecule has 0 radical (unpaired) electrons. The first-order chi connectivity index (χ1) is 16.7. The number of rotatable bonds is 10. The van der Waals surface area contributed by atoms with E-state index in [0.717, 1.165) is 25.7 Å². The van der Waals surface area contributed by atoms with E-state index in [9.17, 15) is 23.6 Å². The van der Waals surface area contributed by atoms with E-state index in [1.807, 2.05) is 0 Å². The SMILES string of the molecule is COC(=O)[C@H](C[C@@H]1CCCCC1=O)NC(=O)[C@@H](CC(=O)c1cc2c(Cl)cc(F)cc2[nH]1)CC1CC1. The number of esters is 1. The Kier molecular flexibility index (Phi) is 7.89. The summed E-state index contributed by atoms with van der Waals surface area (Å²) in [6, 6.07) is 3.07. The zero-order valence-electron chi connectivity index (χ0n) is 19.7. The molecule has 2 aliphatic rings. The summed E-state index contributed by atoms with van der Waals surface area (Å²) in [5.41, 5.74) is 0.655. The summed E-state index contributed by atoms with van der Waals surface area (Å²) in [4.78, 5) is 54.0. The van der Waals surface area contributed by atoms with Gasteiger partial charge in [0.2, 0.25) is 5.91 Å². The van der Waals surface area contributed by atoms with Crippen LogP contribution in [-0.2, 0) is 19.1 Å². The van der Waals surface area contributed by atoms with E-state index in [2.05, 4.69) is 10.3 Å². The predicted molar refractivity (Wildman–Crippen MR) is 129 cm³/mol. The van der Waals surface area contributed by atoms with Gasteiger partial charge in [-0.15, -0.1) is 0 Å². The van der Waals surface area contributed by atoms with Crippen molar-refractivity contribution in [2.75, 3.05) is 7.11 Å². The molecule has 0 aliphatic heterocycles. The van der Waals surface area contributed by atoms with Crippen molar-refractivity contribution in [1.82, 2.24) is 10.3 Å². The molecule has 2 saturated carbocycles. The molecular formula is C26H30ClFN2O5. The highest BCUT2D eigenvalue weighted by molar-refractivity contribution is 6.35. The van der Waals surface area contributed by atoms with Crippen molar-refractivity contribution < 1.29 is 28.3 Å².